The zero-order valence-corrected chi connectivity index (χ0v) is 12.8. The van der Waals surface area contributed by atoms with Gasteiger partial charge in [0.1, 0.15) is 11.6 Å². The summed E-state index contributed by atoms with van der Waals surface area (Å²) in [6.45, 7) is 0. The van der Waals surface area contributed by atoms with Gasteiger partial charge in [0.05, 0.1) is 5.92 Å². The lowest BCUT2D eigenvalue weighted by Crippen LogP contribution is -2.32. The van der Waals surface area contributed by atoms with Crippen LogP contribution in [0.3, 0.4) is 0 Å². The van der Waals surface area contributed by atoms with Crippen molar-refractivity contribution in [2.75, 3.05) is 0 Å². The molecule has 2 atom stereocenters. The lowest BCUT2D eigenvalue weighted by molar-refractivity contribution is -0.186. The Morgan fingerprint density at radius 2 is 2.00 bits per heavy atom. The fraction of sp³-hybridized carbons (Fsp3) is 0.533. The normalized spacial score (nSPS) is 23.1. The van der Waals surface area contributed by atoms with Gasteiger partial charge in [0.2, 0.25) is 0 Å². The zero-order chi connectivity index (χ0) is 15.6. The standard InChI is InChI=1S/C15H15BrF4O/c16-13-5-4-12(17)7-10(13)8-14(21)9-2-1-3-11(6-9)15(18,19)20/h4-5,7,9,11H,1-3,6,8H2. The van der Waals surface area contributed by atoms with E-state index in [4.69, 9.17) is 0 Å². The van der Waals surface area contributed by atoms with E-state index in [1.165, 1.54) is 18.2 Å². The topological polar surface area (TPSA) is 17.1 Å². The van der Waals surface area contributed by atoms with Gasteiger partial charge in [-0.25, -0.2) is 4.39 Å². The van der Waals surface area contributed by atoms with Gasteiger partial charge in [-0.3, -0.25) is 4.79 Å². The van der Waals surface area contributed by atoms with Gasteiger partial charge in [-0.05, 0) is 43.0 Å². The van der Waals surface area contributed by atoms with Gasteiger partial charge in [0, 0.05) is 16.8 Å². The molecule has 0 amide bonds. The number of benzene rings is 1. The molecule has 0 aromatic heterocycles. The molecule has 116 valence electrons. The molecule has 1 aliphatic carbocycles. The van der Waals surface area contributed by atoms with E-state index in [1.807, 2.05) is 0 Å². The fourth-order valence-electron chi connectivity index (χ4n) is 2.79. The van der Waals surface area contributed by atoms with Crippen LogP contribution in [0.1, 0.15) is 31.2 Å². The number of carbonyl (C=O) groups is 1. The molecule has 0 N–H and O–H groups in total. The SMILES string of the molecule is O=C(Cc1cc(F)ccc1Br)C1CCCC(C(F)(F)F)C1. The minimum Gasteiger partial charge on any atom is -0.299 e. The lowest BCUT2D eigenvalue weighted by Gasteiger charge is -2.29. The molecule has 2 rings (SSSR count). The Bertz CT molecular complexity index is 527. The number of alkyl halides is 3. The van der Waals surface area contributed by atoms with Gasteiger partial charge >= 0.3 is 6.18 Å². The molecule has 1 aromatic carbocycles. The molecule has 2 unspecified atom stereocenters. The Morgan fingerprint density at radius 1 is 1.29 bits per heavy atom. The number of carbonyl (C=O) groups excluding carboxylic acids is 1. The minimum atomic E-state index is -4.24. The van der Waals surface area contributed by atoms with E-state index in [0.29, 0.717) is 22.9 Å². The van der Waals surface area contributed by atoms with Crippen molar-refractivity contribution in [1.82, 2.24) is 0 Å². The number of halogens is 5. The maximum atomic E-state index is 13.2. The summed E-state index contributed by atoms with van der Waals surface area (Å²) in [5.74, 6) is -2.68. The smallest absolute Gasteiger partial charge is 0.299 e. The molecule has 0 saturated heterocycles. The van der Waals surface area contributed by atoms with Crippen molar-refractivity contribution in [3.05, 3.63) is 34.1 Å². The molecular weight excluding hydrogens is 352 g/mol. The fourth-order valence-corrected chi connectivity index (χ4v) is 3.18. The summed E-state index contributed by atoms with van der Waals surface area (Å²) < 4.78 is 52.0. The molecule has 0 heterocycles. The van der Waals surface area contributed by atoms with Gasteiger partial charge < -0.3 is 0 Å². The highest BCUT2D eigenvalue weighted by Crippen LogP contribution is 2.40. The van der Waals surface area contributed by atoms with Crippen LogP contribution in [-0.4, -0.2) is 12.0 Å². The van der Waals surface area contributed by atoms with Crippen LogP contribution in [0.4, 0.5) is 17.6 Å². The molecule has 6 heteroatoms. The predicted molar refractivity (Wildman–Crippen MR) is 74.3 cm³/mol. The molecule has 1 aromatic rings. The number of hydrogen-bond acceptors (Lipinski definition) is 1. The number of rotatable bonds is 3. The molecule has 1 nitrogen and oxygen atoms in total. The molecule has 0 bridgehead atoms. The largest absolute Gasteiger partial charge is 0.391 e. The second-order valence-corrected chi connectivity index (χ2v) is 6.34. The summed E-state index contributed by atoms with van der Waals surface area (Å²) >= 11 is 3.23. The van der Waals surface area contributed by atoms with E-state index in [2.05, 4.69) is 15.9 Å². The Kier molecular flexibility index (Phi) is 5.07. The van der Waals surface area contributed by atoms with Crippen LogP contribution in [0.2, 0.25) is 0 Å². The monoisotopic (exact) mass is 366 g/mol. The molecule has 1 saturated carbocycles. The van der Waals surface area contributed by atoms with Crippen LogP contribution < -0.4 is 0 Å². The van der Waals surface area contributed by atoms with E-state index in [-0.39, 0.29) is 25.0 Å². The third-order valence-electron chi connectivity index (χ3n) is 3.96. The van der Waals surface area contributed by atoms with Crippen molar-refractivity contribution < 1.29 is 22.4 Å². The van der Waals surface area contributed by atoms with Crippen molar-refractivity contribution in [3.63, 3.8) is 0 Å². The number of hydrogen-bond donors (Lipinski definition) is 0. The van der Waals surface area contributed by atoms with E-state index in [0.717, 1.165) is 0 Å². The molecule has 0 spiro atoms. The van der Waals surface area contributed by atoms with Crippen LogP contribution in [0.5, 0.6) is 0 Å². The minimum absolute atomic E-state index is 0.0341. The van der Waals surface area contributed by atoms with Crippen molar-refractivity contribution in [3.8, 4) is 0 Å². The maximum Gasteiger partial charge on any atom is 0.391 e. The molecule has 0 aliphatic heterocycles. The Hall–Kier alpha value is -0.910. The maximum absolute atomic E-state index is 13.2. The van der Waals surface area contributed by atoms with E-state index >= 15 is 0 Å². The third-order valence-corrected chi connectivity index (χ3v) is 4.74. The summed E-state index contributed by atoms with van der Waals surface area (Å²) in [7, 11) is 0. The number of ketones is 1. The van der Waals surface area contributed by atoms with Crippen LogP contribution in [0.25, 0.3) is 0 Å². The summed E-state index contributed by atoms with van der Waals surface area (Å²) in [4.78, 5) is 12.2. The second kappa shape index (κ2) is 6.46. The second-order valence-electron chi connectivity index (χ2n) is 5.48. The highest BCUT2D eigenvalue weighted by atomic mass is 79.9. The molecule has 0 radical (unpaired) electrons. The molecule has 1 aliphatic rings. The van der Waals surface area contributed by atoms with Gasteiger partial charge in [0.15, 0.2) is 0 Å². The van der Waals surface area contributed by atoms with Crippen LogP contribution in [0.15, 0.2) is 22.7 Å². The first-order valence-electron chi connectivity index (χ1n) is 6.80. The molecule has 1 fully saturated rings. The first kappa shape index (κ1) is 16.5. The quantitative estimate of drug-likeness (QED) is 0.682. The van der Waals surface area contributed by atoms with Crippen LogP contribution in [-0.2, 0) is 11.2 Å². The predicted octanol–water partition coefficient (Wildman–Crippen LogP) is 5.07. The Labute approximate surface area is 128 Å². The van der Waals surface area contributed by atoms with Crippen LogP contribution >= 0.6 is 15.9 Å². The molecular formula is C15H15BrF4O. The van der Waals surface area contributed by atoms with Crippen molar-refractivity contribution in [2.45, 2.75) is 38.3 Å². The van der Waals surface area contributed by atoms with E-state index < -0.39 is 23.8 Å². The lowest BCUT2D eigenvalue weighted by atomic mass is 9.78. The van der Waals surface area contributed by atoms with Crippen molar-refractivity contribution in [2.24, 2.45) is 11.8 Å². The highest BCUT2D eigenvalue weighted by molar-refractivity contribution is 9.10. The van der Waals surface area contributed by atoms with E-state index in [9.17, 15) is 22.4 Å². The summed E-state index contributed by atoms with van der Waals surface area (Å²) in [5, 5.41) is 0. The van der Waals surface area contributed by atoms with Crippen molar-refractivity contribution >= 4 is 21.7 Å². The summed E-state index contributed by atoms with van der Waals surface area (Å²) in [6.07, 6.45) is -3.43. The summed E-state index contributed by atoms with van der Waals surface area (Å²) in [6, 6.07) is 4.00. The van der Waals surface area contributed by atoms with Crippen molar-refractivity contribution in [1.29, 1.82) is 0 Å². The first-order chi connectivity index (χ1) is 9.77. The Morgan fingerprint density at radius 3 is 2.67 bits per heavy atom. The number of Topliss-reactive ketones (excluding diaryl/α,β-unsaturated/α-hetero) is 1. The zero-order valence-electron chi connectivity index (χ0n) is 11.2. The van der Waals surface area contributed by atoms with Gasteiger partial charge in [-0.2, -0.15) is 13.2 Å². The average molecular weight is 367 g/mol. The third kappa shape index (κ3) is 4.28. The van der Waals surface area contributed by atoms with Crippen LogP contribution in [0, 0.1) is 17.7 Å². The van der Waals surface area contributed by atoms with Gasteiger partial charge in [-0.15, -0.1) is 0 Å². The van der Waals surface area contributed by atoms with E-state index in [1.54, 1.807) is 0 Å². The van der Waals surface area contributed by atoms with Gasteiger partial charge in [-0.1, -0.05) is 22.4 Å². The summed E-state index contributed by atoms with van der Waals surface area (Å²) in [5.41, 5.74) is 0.481. The highest BCUT2D eigenvalue weighted by Gasteiger charge is 2.43. The molecule has 21 heavy (non-hydrogen) atoms. The first-order valence-corrected chi connectivity index (χ1v) is 7.60. The van der Waals surface area contributed by atoms with Gasteiger partial charge in [0.25, 0.3) is 0 Å². The Balaban J connectivity index is 2.04. The average Bonchev–Trinajstić information content (AvgIpc) is 2.42.